The average molecular weight is 248 g/mol. The molecule has 1 N–H and O–H groups in total. The summed E-state index contributed by atoms with van der Waals surface area (Å²) >= 11 is 0. The van der Waals surface area contributed by atoms with E-state index in [2.05, 4.69) is 10.3 Å². The lowest BCUT2D eigenvalue weighted by Gasteiger charge is -2.21. The summed E-state index contributed by atoms with van der Waals surface area (Å²) in [4.78, 5) is 4.64. The average Bonchev–Trinajstić information content (AvgIpc) is 2.90. The summed E-state index contributed by atoms with van der Waals surface area (Å²) in [5, 5.41) is 3.36. The van der Waals surface area contributed by atoms with Gasteiger partial charge in [0.25, 0.3) is 0 Å². The molecule has 0 aliphatic carbocycles. The number of rotatable bonds is 2. The first-order chi connectivity index (χ1) is 8.83. The monoisotopic (exact) mass is 248 g/mol. The first kappa shape index (κ1) is 11.7. The largest absolute Gasteiger partial charge is 0.478 e. The smallest absolute Gasteiger partial charge is 0.188 e. The molecule has 0 spiro atoms. The standard InChI is InChI=1S/C14H17FN2O/c15-12-5-3-10(4-6-12)13-9-18-14(17-13)11-2-1-7-16-8-11/h3-6,11,13,16H,1-2,7-9H2. The molecule has 0 radical (unpaired) electrons. The Labute approximate surface area is 106 Å². The third-order valence-corrected chi connectivity index (χ3v) is 3.57. The number of hydrogen-bond acceptors (Lipinski definition) is 3. The Morgan fingerprint density at radius 2 is 2.11 bits per heavy atom. The zero-order valence-corrected chi connectivity index (χ0v) is 10.2. The summed E-state index contributed by atoms with van der Waals surface area (Å²) < 4.78 is 18.6. The van der Waals surface area contributed by atoms with E-state index < -0.39 is 0 Å². The molecule has 2 aliphatic rings. The second kappa shape index (κ2) is 5.06. The van der Waals surface area contributed by atoms with E-state index in [1.807, 2.05) is 0 Å². The minimum Gasteiger partial charge on any atom is -0.478 e. The number of piperidine rings is 1. The van der Waals surface area contributed by atoms with Crippen molar-refractivity contribution in [2.45, 2.75) is 18.9 Å². The molecule has 2 atom stereocenters. The van der Waals surface area contributed by atoms with Gasteiger partial charge in [0.15, 0.2) is 5.90 Å². The van der Waals surface area contributed by atoms with Crippen LogP contribution in [0.15, 0.2) is 29.3 Å². The summed E-state index contributed by atoms with van der Waals surface area (Å²) in [6, 6.07) is 6.56. The molecule has 18 heavy (non-hydrogen) atoms. The van der Waals surface area contributed by atoms with Gasteiger partial charge in [-0.3, -0.25) is 0 Å². The van der Waals surface area contributed by atoms with Crippen LogP contribution < -0.4 is 5.32 Å². The first-order valence-electron chi connectivity index (χ1n) is 6.49. The normalized spacial score (nSPS) is 27.7. The lowest BCUT2D eigenvalue weighted by atomic mass is 9.99. The fraction of sp³-hybridized carbons (Fsp3) is 0.500. The van der Waals surface area contributed by atoms with E-state index in [0.29, 0.717) is 12.5 Å². The van der Waals surface area contributed by atoms with E-state index >= 15 is 0 Å². The van der Waals surface area contributed by atoms with Crippen molar-refractivity contribution in [3.05, 3.63) is 35.6 Å². The Balaban J connectivity index is 1.72. The van der Waals surface area contributed by atoms with Gasteiger partial charge < -0.3 is 10.1 Å². The van der Waals surface area contributed by atoms with Crippen LogP contribution in [0.5, 0.6) is 0 Å². The molecule has 2 aliphatic heterocycles. The van der Waals surface area contributed by atoms with E-state index in [-0.39, 0.29) is 11.9 Å². The van der Waals surface area contributed by atoms with Crippen LogP contribution in [0, 0.1) is 11.7 Å². The van der Waals surface area contributed by atoms with Gasteiger partial charge in [0.05, 0.1) is 0 Å². The van der Waals surface area contributed by atoms with Crippen LogP contribution in [0.1, 0.15) is 24.4 Å². The van der Waals surface area contributed by atoms with Crippen molar-refractivity contribution in [3.63, 3.8) is 0 Å². The topological polar surface area (TPSA) is 33.6 Å². The van der Waals surface area contributed by atoms with Crippen molar-refractivity contribution in [2.24, 2.45) is 10.9 Å². The minimum absolute atomic E-state index is 0.0301. The predicted molar refractivity (Wildman–Crippen MR) is 68.1 cm³/mol. The number of nitrogens with zero attached hydrogens (tertiary/aromatic N) is 1. The number of nitrogens with one attached hydrogen (secondary N) is 1. The molecule has 2 heterocycles. The highest BCUT2D eigenvalue weighted by Crippen LogP contribution is 2.27. The van der Waals surface area contributed by atoms with E-state index in [9.17, 15) is 4.39 Å². The minimum atomic E-state index is -0.210. The lowest BCUT2D eigenvalue weighted by molar-refractivity contribution is 0.286. The summed E-state index contributed by atoms with van der Waals surface area (Å²) in [6.07, 6.45) is 2.32. The molecule has 0 bridgehead atoms. The maximum absolute atomic E-state index is 12.9. The van der Waals surface area contributed by atoms with Gasteiger partial charge in [-0.1, -0.05) is 12.1 Å². The molecule has 3 rings (SSSR count). The highest BCUT2D eigenvalue weighted by atomic mass is 19.1. The van der Waals surface area contributed by atoms with Gasteiger partial charge in [-0.05, 0) is 37.1 Å². The van der Waals surface area contributed by atoms with Crippen LogP contribution in [0.3, 0.4) is 0 Å². The Bertz CT molecular complexity index is 438. The van der Waals surface area contributed by atoms with E-state index in [4.69, 9.17) is 4.74 Å². The van der Waals surface area contributed by atoms with Crippen molar-refractivity contribution in [2.75, 3.05) is 19.7 Å². The molecular formula is C14H17FN2O. The van der Waals surface area contributed by atoms with Crippen LogP contribution in [-0.4, -0.2) is 25.6 Å². The van der Waals surface area contributed by atoms with E-state index in [1.54, 1.807) is 12.1 Å². The van der Waals surface area contributed by atoms with E-state index in [1.165, 1.54) is 18.6 Å². The van der Waals surface area contributed by atoms with Crippen LogP contribution >= 0.6 is 0 Å². The Kier molecular flexibility index (Phi) is 3.28. The first-order valence-corrected chi connectivity index (χ1v) is 6.49. The number of halogens is 1. The predicted octanol–water partition coefficient (Wildman–Crippen LogP) is 2.30. The molecule has 1 fully saturated rings. The molecule has 0 aromatic heterocycles. The Hall–Kier alpha value is -1.42. The van der Waals surface area contributed by atoms with E-state index in [0.717, 1.165) is 31.0 Å². The maximum atomic E-state index is 12.9. The molecule has 0 saturated carbocycles. The van der Waals surface area contributed by atoms with Gasteiger partial charge in [-0.25, -0.2) is 9.38 Å². The second-order valence-electron chi connectivity index (χ2n) is 4.89. The fourth-order valence-electron chi connectivity index (χ4n) is 2.53. The molecule has 0 amide bonds. The molecule has 1 aromatic carbocycles. The number of hydrogen-bond donors (Lipinski definition) is 1. The van der Waals surface area contributed by atoms with Crippen molar-refractivity contribution >= 4 is 5.90 Å². The second-order valence-corrected chi connectivity index (χ2v) is 4.89. The quantitative estimate of drug-likeness (QED) is 0.871. The molecule has 96 valence electrons. The molecule has 1 saturated heterocycles. The van der Waals surface area contributed by atoms with Crippen LogP contribution in [0.25, 0.3) is 0 Å². The highest BCUT2D eigenvalue weighted by Gasteiger charge is 2.27. The van der Waals surface area contributed by atoms with Crippen LogP contribution in [0.2, 0.25) is 0 Å². The number of aliphatic imine (C=N–C) groups is 1. The fourth-order valence-corrected chi connectivity index (χ4v) is 2.53. The molecule has 3 nitrogen and oxygen atoms in total. The van der Waals surface area contributed by atoms with Gasteiger partial charge in [-0.15, -0.1) is 0 Å². The Morgan fingerprint density at radius 3 is 2.83 bits per heavy atom. The highest BCUT2D eigenvalue weighted by molar-refractivity contribution is 5.80. The lowest BCUT2D eigenvalue weighted by Crippen LogP contribution is -2.34. The SMILES string of the molecule is Fc1ccc(C2COC(C3CCCNC3)=N2)cc1. The van der Waals surface area contributed by atoms with Crippen LogP contribution in [0.4, 0.5) is 4.39 Å². The third-order valence-electron chi connectivity index (χ3n) is 3.57. The summed E-state index contributed by atoms with van der Waals surface area (Å²) in [5.41, 5.74) is 1.02. The summed E-state index contributed by atoms with van der Waals surface area (Å²) in [6.45, 7) is 2.62. The van der Waals surface area contributed by atoms with Gasteiger partial charge >= 0.3 is 0 Å². The van der Waals surface area contributed by atoms with Gasteiger partial charge in [0, 0.05) is 12.5 Å². The van der Waals surface area contributed by atoms with Crippen molar-refractivity contribution in [3.8, 4) is 0 Å². The molecule has 4 heteroatoms. The van der Waals surface area contributed by atoms with Gasteiger partial charge in [-0.2, -0.15) is 0 Å². The Morgan fingerprint density at radius 1 is 1.28 bits per heavy atom. The summed E-state index contributed by atoms with van der Waals surface area (Å²) in [5.74, 6) is 1.07. The number of benzene rings is 1. The molecule has 1 aromatic rings. The van der Waals surface area contributed by atoms with Gasteiger partial charge in [0.2, 0.25) is 0 Å². The summed E-state index contributed by atoms with van der Waals surface area (Å²) in [7, 11) is 0. The van der Waals surface area contributed by atoms with Gasteiger partial charge in [0.1, 0.15) is 18.5 Å². The van der Waals surface area contributed by atoms with Crippen molar-refractivity contribution in [1.29, 1.82) is 0 Å². The zero-order chi connectivity index (χ0) is 12.4. The van der Waals surface area contributed by atoms with Crippen LogP contribution in [-0.2, 0) is 4.74 Å². The van der Waals surface area contributed by atoms with Crippen molar-refractivity contribution in [1.82, 2.24) is 5.32 Å². The molecule has 2 unspecified atom stereocenters. The van der Waals surface area contributed by atoms with Crippen molar-refractivity contribution < 1.29 is 9.13 Å². The molecular weight excluding hydrogens is 231 g/mol. The zero-order valence-electron chi connectivity index (χ0n) is 10.2. The third kappa shape index (κ3) is 2.38. The number of ether oxygens (including phenoxy) is 1. The maximum Gasteiger partial charge on any atom is 0.188 e.